The Morgan fingerprint density at radius 1 is 0.696 bits per heavy atom. The summed E-state index contributed by atoms with van der Waals surface area (Å²) in [7, 11) is 0. The van der Waals surface area contributed by atoms with Gasteiger partial charge in [-0.3, -0.25) is 4.79 Å². The molecule has 23 heavy (non-hydrogen) atoms. The molecule has 0 saturated carbocycles. The van der Waals surface area contributed by atoms with E-state index in [1.165, 1.54) is 19.3 Å². The lowest BCUT2D eigenvalue weighted by Crippen LogP contribution is -2.13. The molecule has 0 saturated heterocycles. The molecule has 2 unspecified atom stereocenters. The van der Waals surface area contributed by atoms with Crippen LogP contribution < -0.4 is 0 Å². The van der Waals surface area contributed by atoms with Gasteiger partial charge in [0.15, 0.2) is 0 Å². The van der Waals surface area contributed by atoms with Crippen LogP contribution in [0, 0.1) is 0 Å². The van der Waals surface area contributed by atoms with Gasteiger partial charge in [0.1, 0.15) is 0 Å². The zero-order valence-corrected chi connectivity index (χ0v) is 15.0. The average molecular weight is 331 g/mol. The van der Waals surface area contributed by atoms with Crippen LogP contribution in [0.4, 0.5) is 0 Å². The van der Waals surface area contributed by atoms with Gasteiger partial charge in [0, 0.05) is 6.42 Å². The molecular weight excluding hydrogens is 292 g/mol. The molecule has 0 fully saturated rings. The van der Waals surface area contributed by atoms with E-state index in [-0.39, 0.29) is 18.6 Å². The molecule has 0 aliphatic rings. The third-order valence-electron chi connectivity index (χ3n) is 4.40. The first kappa shape index (κ1) is 22.4. The van der Waals surface area contributed by atoms with Crippen LogP contribution in [0.15, 0.2) is 0 Å². The number of carboxylic acid groups (broad SMARTS) is 1. The number of hydrogen-bond acceptors (Lipinski definition) is 3. The normalized spacial score (nSPS) is 13.9. The number of aliphatic hydroxyl groups excluding tert-OH is 2. The van der Waals surface area contributed by atoms with Crippen LogP contribution in [0.3, 0.4) is 0 Å². The van der Waals surface area contributed by atoms with E-state index >= 15 is 0 Å². The fraction of sp³-hybridized carbons (Fsp3) is 0.947. The minimum atomic E-state index is -0.708. The summed E-state index contributed by atoms with van der Waals surface area (Å²) >= 11 is 0. The van der Waals surface area contributed by atoms with Crippen molar-refractivity contribution < 1.29 is 20.1 Å². The fourth-order valence-corrected chi connectivity index (χ4v) is 2.84. The largest absolute Gasteiger partial charge is 0.481 e. The third-order valence-corrected chi connectivity index (χ3v) is 4.40. The highest BCUT2D eigenvalue weighted by Gasteiger charge is 2.09. The lowest BCUT2D eigenvalue weighted by atomic mass is 10.0. The maximum absolute atomic E-state index is 10.4. The second kappa shape index (κ2) is 16.3. The van der Waals surface area contributed by atoms with Crippen LogP contribution in [0.25, 0.3) is 0 Å². The number of unbranched alkanes of at least 4 members (excludes halogenated alkanes) is 8. The van der Waals surface area contributed by atoms with Gasteiger partial charge in [-0.2, -0.15) is 0 Å². The number of carbonyl (C=O) groups is 1. The van der Waals surface area contributed by atoms with Crippen LogP contribution in [-0.4, -0.2) is 33.5 Å². The molecule has 0 aliphatic heterocycles. The number of hydrogen-bond donors (Lipinski definition) is 3. The van der Waals surface area contributed by atoms with E-state index in [4.69, 9.17) is 5.11 Å². The lowest BCUT2D eigenvalue weighted by Gasteiger charge is -2.14. The molecule has 0 aromatic rings. The van der Waals surface area contributed by atoms with Crippen LogP contribution >= 0.6 is 0 Å². The van der Waals surface area contributed by atoms with E-state index in [9.17, 15) is 15.0 Å². The number of aliphatic carboxylic acids is 1. The first-order chi connectivity index (χ1) is 11.1. The van der Waals surface area contributed by atoms with Crippen LogP contribution in [0.5, 0.6) is 0 Å². The molecule has 0 amide bonds. The summed E-state index contributed by atoms with van der Waals surface area (Å²) in [6, 6.07) is 0. The van der Waals surface area contributed by atoms with Crippen LogP contribution in [-0.2, 0) is 4.79 Å². The van der Waals surface area contributed by atoms with E-state index in [1.807, 2.05) is 0 Å². The Morgan fingerprint density at radius 3 is 1.61 bits per heavy atom. The first-order valence-corrected chi connectivity index (χ1v) is 9.64. The van der Waals surface area contributed by atoms with E-state index in [0.717, 1.165) is 57.8 Å². The Hall–Kier alpha value is -0.610. The van der Waals surface area contributed by atoms with Crippen molar-refractivity contribution in [1.29, 1.82) is 0 Å². The summed E-state index contributed by atoms with van der Waals surface area (Å²) in [6.07, 6.45) is 13.7. The average Bonchev–Trinajstić information content (AvgIpc) is 2.51. The minimum absolute atomic E-state index is 0.254. The van der Waals surface area contributed by atoms with E-state index in [1.54, 1.807) is 0 Å². The summed E-state index contributed by atoms with van der Waals surface area (Å²) in [6.45, 7) is 2.18. The number of aliphatic hydroxyl groups is 2. The Labute approximate surface area is 142 Å². The second-order valence-corrected chi connectivity index (χ2v) is 6.79. The Balaban J connectivity index is 3.32. The van der Waals surface area contributed by atoms with Gasteiger partial charge in [-0.05, 0) is 32.1 Å². The van der Waals surface area contributed by atoms with Gasteiger partial charge in [0.2, 0.25) is 0 Å². The van der Waals surface area contributed by atoms with Gasteiger partial charge < -0.3 is 15.3 Å². The molecule has 4 nitrogen and oxygen atoms in total. The number of carboxylic acids is 1. The van der Waals surface area contributed by atoms with E-state index < -0.39 is 5.97 Å². The minimum Gasteiger partial charge on any atom is -0.481 e. The van der Waals surface area contributed by atoms with Crippen molar-refractivity contribution in [2.75, 3.05) is 0 Å². The smallest absolute Gasteiger partial charge is 0.303 e. The number of rotatable bonds is 17. The summed E-state index contributed by atoms with van der Waals surface area (Å²) < 4.78 is 0. The van der Waals surface area contributed by atoms with Gasteiger partial charge in [0.05, 0.1) is 12.2 Å². The van der Waals surface area contributed by atoms with Crippen molar-refractivity contribution in [2.24, 2.45) is 0 Å². The highest BCUT2D eigenvalue weighted by atomic mass is 16.4. The quantitative estimate of drug-likeness (QED) is 0.339. The molecule has 0 spiro atoms. The Bertz CT molecular complexity index is 268. The van der Waals surface area contributed by atoms with Crippen molar-refractivity contribution in [3.05, 3.63) is 0 Å². The zero-order chi connectivity index (χ0) is 17.3. The first-order valence-electron chi connectivity index (χ1n) is 9.64. The summed E-state index contributed by atoms with van der Waals surface area (Å²) in [5.74, 6) is -0.708. The SMILES string of the molecule is CCCCCCC(O)CCC(O)CCCCCCCCC(=O)O. The molecule has 138 valence electrons. The third kappa shape index (κ3) is 17.6. The molecule has 4 heteroatoms. The predicted octanol–water partition coefficient (Wildman–Crippen LogP) is 4.66. The molecule has 2 atom stereocenters. The molecule has 0 heterocycles. The van der Waals surface area contributed by atoms with Crippen molar-refractivity contribution >= 4 is 5.97 Å². The maximum atomic E-state index is 10.4. The van der Waals surface area contributed by atoms with Gasteiger partial charge in [-0.1, -0.05) is 64.7 Å². The monoisotopic (exact) mass is 330 g/mol. The van der Waals surface area contributed by atoms with Crippen molar-refractivity contribution in [3.63, 3.8) is 0 Å². The molecule has 0 aliphatic carbocycles. The Kier molecular flexibility index (Phi) is 15.8. The topological polar surface area (TPSA) is 77.8 Å². The summed E-state index contributed by atoms with van der Waals surface area (Å²) in [5, 5.41) is 28.3. The van der Waals surface area contributed by atoms with Crippen molar-refractivity contribution in [1.82, 2.24) is 0 Å². The van der Waals surface area contributed by atoms with Gasteiger partial charge in [-0.15, -0.1) is 0 Å². The summed E-state index contributed by atoms with van der Waals surface area (Å²) in [5.41, 5.74) is 0. The van der Waals surface area contributed by atoms with Crippen LogP contribution in [0.2, 0.25) is 0 Å². The van der Waals surface area contributed by atoms with Crippen molar-refractivity contribution in [3.8, 4) is 0 Å². The zero-order valence-electron chi connectivity index (χ0n) is 15.0. The molecule has 0 aromatic carbocycles. The van der Waals surface area contributed by atoms with Crippen molar-refractivity contribution in [2.45, 2.75) is 115 Å². The van der Waals surface area contributed by atoms with E-state index in [0.29, 0.717) is 12.8 Å². The summed E-state index contributed by atoms with van der Waals surface area (Å²) in [4.78, 5) is 10.4. The standard InChI is InChI=1S/C19H38O4/c1-2-3-4-9-12-17(20)15-16-18(21)13-10-7-5-6-8-11-14-19(22)23/h17-18,20-21H,2-16H2,1H3,(H,22,23). The predicted molar refractivity (Wildman–Crippen MR) is 94.6 cm³/mol. The maximum Gasteiger partial charge on any atom is 0.303 e. The lowest BCUT2D eigenvalue weighted by molar-refractivity contribution is -0.137. The second-order valence-electron chi connectivity index (χ2n) is 6.79. The molecule has 3 N–H and O–H groups in total. The molecule has 0 radical (unpaired) electrons. The molecule has 0 aromatic heterocycles. The molecule has 0 bridgehead atoms. The highest BCUT2D eigenvalue weighted by molar-refractivity contribution is 5.66. The Morgan fingerprint density at radius 2 is 1.13 bits per heavy atom. The van der Waals surface area contributed by atoms with Gasteiger partial charge in [0.25, 0.3) is 0 Å². The fourth-order valence-electron chi connectivity index (χ4n) is 2.84. The highest BCUT2D eigenvalue weighted by Crippen LogP contribution is 2.15. The molecular formula is C19H38O4. The van der Waals surface area contributed by atoms with E-state index in [2.05, 4.69) is 6.92 Å². The van der Waals surface area contributed by atoms with Gasteiger partial charge >= 0.3 is 5.97 Å². The molecule has 0 rings (SSSR count). The van der Waals surface area contributed by atoms with Gasteiger partial charge in [-0.25, -0.2) is 0 Å². The van der Waals surface area contributed by atoms with Crippen LogP contribution in [0.1, 0.15) is 103 Å².